The van der Waals surface area contributed by atoms with Crippen molar-refractivity contribution in [3.8, 4) is 0 Å². The first-order chi connectivity index (χ1) is 7.94. The Morgan fingerprint density at radius 1 is 0.889 bits per heavy atom. The number of hydrogen-bond donors (Lipinski definition) is 0. The molecule has 0 atom stereocenters. The molecule has 0 spiro atoms. The van der Waals surface area contributed by atoms with Crippen molar-refractivity contribution in [1.29, 1.82) is 0 Å². The molecule has 5 nitrogen and oxygen atoms in total. The molecule has 0 aromatic heterocycles. The van der Waals surface area contributed by atoms with Crippen LogP contribution in [0.3, 0.4) is 0 Å². The molecule has 0 N–H and O–H groups in total. The van der Waals surface area contributed by atoms with E-state index in [9.17, 15) is 45.7 Å². The fourth-order valence-corrected chi connectivity index (χ4v) is 0.647. The first-order valence-electron chi connectivity index (χ1n) is 3.83. The molecule has 0 amide bonds. The van der Waals surface area contributed by atoms with Crippen LogP contribution in [-0.2, 0) is 24.1 Å². The van der Waals surface area contributed by atoms with Crippen LogP contribution in [0.15, 0.2) is 0 Å². The molecule has 0 unspecified atom stereocenters. The molecule has 0 rings (SSSR count). The zero-order valence-corrected chi connectivity index (χ0v) is 8.02. The van der Waals surface area contributed by atoms with Gasteiger partial charge in [0.15, 0.2) is 0 Å². The van der Waals surface area contributed by atoms with Crippen molar-refractivity contribution in [2.75, 3.05) is 0 Å². The van der Waals surface area contributed by atoms with E-state index in [1.807, 2.05) is 0 Å². The highest BCUT2D eigenvalue weighted by Crippen LogP contribution is 2.24. The Morgan fingerprint density at radius 3 is 1.67 bits per heavy atom. The van der Waals surface area contributed by atoms with E-state index in [1.54, 1.807) is 0 Å². The second-order valence-electron chi connectivity index (χ2n) is 2.79. The first-order valence-corrected chi connectivity index (χ1v) is 3.83. The Morgan fingerprint density at radius 2 is 1.33 bits per heavy atom. The zero-order valence-electron chi connectivity index (χ0n) is 8.02. The van der Waals surface area contributed by atoms with Crippen molar-refractivity contribution in [2.24, 2.45) is 0 Å². The number of rotatable bonds is 5. The van der Waals surface area contributed by atoms with Crippen LogP contribution in [0.2, 0.25) is 0 Å². The molecule has 0 saturated heterocycles. The average Bonchev–Trinajstić information content (AvgIpc) is 2.25. The molecule has 0 bridgehead atoms. The topological polar surface area (TPSA) is 77.5 Å². The molecule has 0 fully saturated rings. The molecule has 0 aliphatic carbocycles. The van der Waals surface area contributed by atoms with Gasteiger partial charge in [0.05, 0.1) is 6.42 Å². The Balaban J connectivity index is 4.94. The predicted octanol–water partition coefficient (Wildman–Crippen LogP) is 0.709. The number of Topliss-reactive ketones (excluding diaryl/α,β-unsaturated/α-hetero) is 3. The van der Waals surface area contributed by atoms with E-state index >= 15 is 0 Å². The summed E-state index contributed by atoms with van der Waals surface area (Å²) in [6, 6.07) is 0. The van der Waals surface area contributed by atoms with Crippen molar-refractivity contribution in [3.05, 3.63) is 0 Å². The van der Waals surface area contributed by atoms with Gasteiger partial charge in [-0.3, -0.25) is 14.4 Å². The van der Waals surface area contributed by atoms with Crippen molar-refractivity contribution in [3.63, 3.8) is 0 Å². The Kier molecular flexibility index (Phi) is 4.59. The smallest absolute Gasteiger partial charge is 0.292 e. The summed E-state index contributed by atoms with van der Waals surface area (Å²) in [5.74, 6) is -16.7. The predicted molar refractivity (Wildman–Crippen MR) is 37.8 cm³/mol. The molecule has 11 heteroatoms. The van der Waals surface area contributed by atoms with Gasteiger partial charge in [0.1, 0.15) is 0 Å². The summed E-state index contributed by atoms with van der Waals surface area (Å²) in [5.41, 5.74) is 0. The van der Waals surface area contributed by atoms with Crippen molar-refractivity contribution < 1.29 is 50.6 Å². The Labute approximate surface area is 93.6 Å². The van der Waals surface area contributed by atoms with Crippen LogP contribution in [0.5, 0.6) is 0 Å². The molecule has 0 aliphatic heterocycles. The van der Waals surface area contributed by atoms with E-state index in [0.29, 0.717) is 0 Å². The van der Waals surface area contributed by atoms with Gasteiger partial charge in [-0.15, -0.1) is 0 Å². The van der Waals surface area contributed by atoms with Gasteiger partial charge in [-0.05, 0) is 0 Å². The Hall–Kier alpha value is -1.94. The van der Waals surface area contributed by atoms with Gasteiger partial charge in [0.2, 0.25) is 11.6 Å². The fourth-order valence-electron chi connectivity index (χ4n) is 0.647. The van der Waals surface area contributed by atoms with Crippen LogP contribution in [0.1, 0.15) is 6.42 Å². The first kappa shape index (κ1) is 16.1. The van der Waals surface area contributed by atoms with Crippen LogP contribution in [0, 0.1) is 0 Å². The van der Waals surface area contributed by atoms with Gasteiger partial charge in [0.25, 0.3) is 0 Å². The monoisotopic (exact) mass is 280 g/mol. The summed E-state index contributed by atoms with van der Waals surface area (Å²) in [7, 11) is 0. The Bertz CT molecular complexity index is 398. The maximum Gasteiger partial charge on any atom is 0.450 e. The molecule has 0 heterocycles. The molecule has 0 radical (unpaired) electrons. The minimum absolute atomic E-state index is 2.09. The van der Waals surface area contributed by atoms with Gasteiger partial charge in [-0.1, -0.05) is 0 Å². The lowest BCUT2D eigenvalue weighted by atomic mass is 10.0. The highest BCUT2D eigenvalue weighted by atomic mass is 19.4. The second kappa shape index (κ2) is 5.14. The van der Waals surface area contributed by atoms with Gasteiger partial charge < -0.3 is 0 Å². The quantitative estimate of drug-likeness (QED) is 0.421. The lowest BCUT2D eigenvalue weighted by Crippen LogP contribution is -2.44. The molecular formula is C7H2F6O5. The lowest BCUT2D eigenvalue weighted by molar-refractivity contribution is -0.194. The number of carbonyl (C=O) groups is 4. The van der Waals surface area contributed by atoms with Crippen LogP contribution in [-0.4, -0.2) is 35.4 Å². The lowest BCUT2D eigenvalue weighted by Gasteiger charge is -2.11. The van der Waals surface area contributed by atoms with Crippen molar-refractivity contribution >= 4 is 23.3 Å². The summed E-state index contributed by atoms with van der Waals surface area (Å²) in [6.45, 7) is 0. The maximum absolute atomic E-state index is 12.7. The van der Waals surface area contributed by atoms with Crippen molar-refractivity contribution in [1.82, 2.24) is 0 Å². The third kappa shape index (κ3) is 3.53. The van der Waals surface area contributed by atoms with E-state index in [4.69, 9.17) is 0 Å². The van der Waals surface area contributed by atoms with Crippen LogP contribution in [0.25, 0.3) is 0 Å². The maximum atomic E-state index is 12.7. The standard InChI is InChI=1S/C7H2F6O5/c8-6(9,4(16)5(17)18-13)2(14)1-3(15)7(10,11)12/h1H2. The van der Waals surface area contributed by atoms with Crippen LogP contribution in [0.4, 0.5) is 26.5 Å². The van der Waals surface area contributed by atoms with E-state index < -0.39 is 41.8 Å². The minimum atomic E-state index is -5.56. The molecule has 102 valence electrons. The van der Waals surface area contributed by atoms with Crippen LogP contribution < -0.4 is 0 Å². The number of hydrogen-bond acceptors (Lipinski definition) is 5. The molecule has 0 aromatic rings. The van der Waals surface area contributed by atoms with Gasteiger partial charge in [0, 0.05) is 4.53 Å². The number of carbonyl (C=O) groups excluding carboxylic acids is 4. The highest BCUT2D eigenvalue weighted by Gasteiger charge is 2.54. The third-order valence-electron chi connectivity index (χ3n) is 1.53. The SMILES string of the molecule is O=C(OF)C(=O)C(F)(F)C(=O)CC(=O)C(F)(F)F. The largest absolute Gasteiger partial charge is 0.450 e. The number of halogens is 6. The van der Waals surface area contributed by atoms with E-state index in [0.717, 1.165) is 0 Å². The number of alkyl halides is 5. The second-order valence-corrected chi connectivity index (χ2v) is 2.79. The molecule has 18 heavy (non-hydrogen) atoms. The van der Waals surface area contributed by atoms with Crippen LogP contribution >= 0.6 is 0 Å². The molecule has 0 saturated carbocycles. The highest BCUT2D eigenvalue weighted by molar-refractivity contribution is 6.41. The minimum Gasteiger partial charge on any atom is -0.292 e. The van der Waals surface area contributed by atoms with Gasteiger partial charge >= 0.3 is 23.9 Å². The van der Waals surface area contributed by atoms with E-state index in [-0.39, 0.29) is 0 Å². The molecular weight excluding hydrogens is 278 g/mol. The average molecular weight is 280 g/mol. The molecule has 0 aliphatic rings. The third-order valence-corrected chi connectivity index (χ3v) is 1.53. The number of ketones is 3. The summed E-state index contributed by atoms with van der Waals surface area (Å²) >= 11 is 0. The van der Waals surface area contributed by atoms with Gasteiger partial charge in [-0.2, -0.15) is 22.0 Å². The van der Waals surface area contributed by atoms with Gasteiger partial charge in [-0.25, -0.2) is 9.74 Å². The zero-order chi connectivity index (χ0) is 14.7. The summed E-state index contributed by atoms with van der Waals surface area (Å²) in [4.78, 5) is 43.3. The fraction of sp³-hybridized carbons (Fsp3) is 0.429. The van der Waals surface area contributed by atoms with Crippen molar-refractivity contribution in [2.45, 2.75) is 18.5 Å². The summed E-state index contributed by atoms with van der Waals surface area (Å²) in [5, 5.41) is 0. The normalized spacial score (nSPS) is 11.9. The summed E-state index contributed by atoms with van der Waals surface area (Å²) in [6.07, 6.45) is -7.92. The summed E-state index contributed by atoms with van der Waals surface area (Å²) < 4.78 is 71.5. The van der Waals surface area contributed by atoms with E-state index in [1.165, 1.54) is 0 Å². The molecule has 0 aromatic carbocycles. The van der Waals surface area contributed by atoms with E-state index in [2.05, 4.69) is 4.94 Å².